The van der Waals surface area contributed by atoms with E-state index in [1.807, 2.05) is 0 Å². The number of nitrogens with one attached hydrogen (secondary N) is 1. The third kappa shape index (κ3) is 5.77. The molecule has 1 amide bonds. The predicted octanol–water partition coefficient (Wildman–Crippen LogP) is 2.80. The molecule has 3 aromatic rings. The van der Waals surface area contributed by atoms with Gasteiger partial charge in [-0.1, -0.05) is 6.07 Å². The highest BCUT2D eigenvalue weighted by atomic mass is 32.2. The van der Waals surface area contributed by atoms with Crippen LogP contribution in [0, 0.1) is 5.82 Å². The van der Waals surface area contributed by atoms with Crippen molar-refractivity contribution in [3.63, 3.8) is 0 Å². The molecule has 0 unspecified atom stereocenters. The van der Waals surface area contributed by atoms with Gasteiger partial charge in [-0.05, 0) is 26.0 Å². The van der Waals surface area contributed by atoms with E-state index in [4.69, 9.17) is 0 Å². The van der Waals surface area contributed by atoms with Gasteiger partial charge in [-0.25, -0.2) is 27.1 Å². The Morgan fingerprint density at radius 3 is 2.40 bits per heavy atom. The number of nitrogens with zero attached hydrogens (tertiary/aromatic N) is 4. The number of halogens is 4. The number of carbonyl (C=O) groups is 1. The number of hydrogen-bond donors (Lipinski definition) is 2. The third-order valence-corrected chi connectivity index (χ3v) is 6.87. The number of alkyl halides is 3. The fourth-order valence-corrected chi connectivity index (χ4v) is 4.11. The Morgan fingerprint density at radius 1 is 1.17 bits per heavy atom. The first-order chi connectivity index (χ1) is 16.0. The number of aryl methyl sites for hydroxylation is 1. The summed E-state index contributed by atoms with van der Waals surface area (Å²) in [6.07, 6.45) is -2.22. The van der Waals surface area contributed by atoms with Crippen LogP contribution in [0.25, 0.3) is 5.65 Å². The smallest absolute Gasteiger partial charge is 0.386 e. The van der Waals surface area contributed by atoms with Gasteiger partial charge in [0.05, 0.1) is 22.7 Å². The summed E-state index contributed by atoms with van der Waals surface area (Å²) in [6, 6.07) is 2.77. The van der Waals surface area contributed by atoms with Crippen molar-refractivity contribution in [1.29, 1.82) is 0 Å². The highest BCUT2D eigenvalue weighted by Gasteiger charge is 2.33. The molecule has 0 radical (unpaired) electrons. The Labute approximate surface area is 198 Å². The SMILES string of the molecule is CN(C)S(=O)(=O)CCc1cn2cc(NC(=O)c3cccc(C(F)(F)F)n3)c(C(C)(C)O)c(F)c2n1. The van der Waals surface area contributed by atoms with E-state index in [-0.39, 0.29) is 34.8 Å². The summed E-state index contributed by atoms with van der Waals surface area (Å²) < 4.78 is 80.6. The quantitative estimate of drug-likeness (QED) is 0.466. The molecule has 3 aromatic heterocycles. The summed E-state index contributed by atoms with van der Waals surface area (Å²) in [7, 11) is -0.783. The molecule has 2 N–H and O–H groups in total. The topological polar surface area (TPSA) is 117 Å². The van der Waals surface area contributed by atoms with Crippen LogP contribution in [-0.4, -0.2) is 58.0 Å². The molecule has 3 heterocycles. The van der Waals surface area contributed by atoms with E-state index in [1.54, 1.807) is 0 Å². The lowest BCUT2D eigenvalue weighted by Gasteiger charge is -2.23. The van der Waals surface area contributed by atoms with E-state index in [0.717, 1.165) is 16.4 Å². The zero-order chi connectivity index (χ0) is 26.3. The number of anilines is 1. The molecular formula is C21H23F4N5O4S. The average Bonchev–Trinajstić information content (AvgIpc) is 3.14. The summed E-state index contributed by atoms with van der Waals surface area (Å²) >= 11 is 0. The average molecular weight is 518 g/mol. The number of aromatic nitrogens is 3. The first-order valence-corrected chi connectivity index (χ1v) is 11.8. The van der Waals surface area contributed by atoms with Crippen LogP contribution in [0.1, 0.15) is 41.3 Å². The predicted molar refractivity (Wildman–Crippen MR) is 119 cm³/mol. The Kier molecular flexibility index (Phi) is 6.94. The molecular weight excluding hydrogens is 494 g/mol. The molecule has 0 aliphatic carbocycles. The highest BCUT2D eigenvalue weighted by Crippen LogP contribution is 2.33. The van der Waals surface area contributed by atoms with Crippen molar-refractivity contribution >= 4 is 27.3 Å². The molecule has 35 heavy (non-hydrogen) atoms. The zero-order valence-corrected chi connectivity index (χ0v) is 20.0. The first-order valence-electron chi connectivity index (χ1n) is 10.2. The van der Waals surface area contributed by atoms with Crippen LogP contribution < -0.4 is 5.32 Å². The zero-order valence-electron chi connectivity index (χ0n) is 19.2. The van der Waals surface area contributed by atoms with Crippen LogP contribution in [0.4, 0.5) is 23.2 Å². The number of rotatable bonds is 7. The minimum Gasteiger partial charge on any atom is -0.386 e. The number of pyridine rings is 2. The second-order valence-electron chi connectivity index (χ2n) is 8.46. The van der Waals surface area contributed by atoms with Gasteiger partial charge in [0.1, 0.15) is 11.4 Å². The number of imidazole rings is 1. The molecule has 3 rings (SSSR count). The molecule has 0 aliphatic rings. The van der Waals surface area contributed by atoms with Crippen LogP contribution in [0.3, 0.4) is 0 Å². The van der Waals surface area contributed by atoms with Gasteiger partial charge in [-0.2, -0.15) is 13.2 Å². The molecule has 14 heteroatoms. The molecule has 0 atom stereocenters. The van der Waals surface area contributed by atoms with Crippen molar-refractivity contribution in [3.05, 3.63) is 59.1 Å². The van der Waals surface area contributed by atoms with E-state index in [0.29, 0.717) is 6.07 Å². The van der Waals surface area contributed by atoms with Gasteiger partial charge >= 0.3 is 6.18 Å². The van der Waals surface area contributed by atoms with Gasteiger partial charge in [0, 0.05) is 38.5 Å². The number of aliphatic hydroxyl groups is 1. The third-order valence-electron chi connectivity index (χ3n) is 5.04. The van der Waals surface area contributed by atoms with E-state index in [2.05, 4.69) is 15.3 Å². The number of carbonyl (C=O) groups excluding carboxylic acids is 1. The maximum absolute atomic E-state index is 15.4. The summed E-state index contributed by atoms with van der Waals surface area (Å²) in [4.78, 5) is 20.1. The highest BCUT2D eigenvalue weighted by molar-refractivity contribution is 7.89. The van der Waals surface area contributed by atoms with Gasteiger partial charge in [0.25, 0.3) is 5.91 Å². The lowest BCUT2D eigenvalue weighted by Crippen LogP contribution is -2.26. The Morgan fingerprint density at radius 2 is 1.83 bits per heavy atom. The molecule has 0 aromatic carbocycles. The summed E-state index contributed by atoms with van der Waals surface area (Å²) in [5.74, 6) is -2.33. The maximum Gasteiger partial charge on any atom is 0.433 e. The fraction of sp³-hybridized carbons (Fsp3) is 0.381. The molecule has 9 nitrogen and oxygen atoms in total. The van der Waals surface area contributed by atoms with Crippen LogP contribution in [0.5, 0.6) is 0 Å². The minimum atomic E-state index is -4.77. The van der Waals surface area contributed by atoms with E-state index >= 15 is 4.39 Å². The Balaban J connectivity index is 2.02. The van der Waals surface area contributed by atoms with E-state index in [9.17, 15) is 31.5 Å². The second-order valence-corrected chi connectivity index (χ2v) is 10.8. The van der Waals surface area contributed by atoms with Crippen molar-refractivity contribution in [1.82, 2.24) is 18.7 Å². The number of amides is 1. The molecule has 0 bridgehead atoms. The van der Waals surface area contributed by atoms with Crippen molar-refractivity contribution in [3.8, 4) is 0 Å². The summed E-state index contributed by atoms with van der Waals surface area (Å²) in [5.41, 5.74) is -4.24. The number of fused-ring (bicyclic) bond motifs is 1. The van der Waals surface area contributed by atoms with Crippen LogP contribution >= 0.6 is 0 Å². The fourth-order valence-electron chi connectivity index (χ4n) is 3.27. The Bertz CT molecular complexity index is 1380. The lowest BCUT2D eigenvalue weighted by molar-refractivity contribution is -0.141. The summed E-state index contributed by atoms with van der Waals surface area (Å²) in [5, 5.41) is 12.9. The van der Waals surface area contributed by atoms with Crippen LogP contribution in [-0.2, 0) is 28.2 Å². The van der Waals surface area contributed by atoms with Crippen molar-refractivity contribution in [2.24, 2.45) is 0 Å². The first kappa shape index (κ1) is 26.5. The van der Waals surface area contributed by atoms with Gasteiger partial charge in [0.2, 0.25) is 10.0 Å². The standard InChI is InChI=1S/C21H23F4N5O4S/c1-20(2,32)16-14(28-19(31)13-6-5-7-15(27-13)21(23,24)25)11-30-10-12(26-18(30)17(16)22)8-9-35(33,34)29(3)4/h5-7,10-11,32H,8-9H2,1-4H3,(H,28,31). The van der Waals surface area contributed by atoms with Crippen LogP contribution in [0.2, 0.25) is 0 Å². The summed E-state index contributed by atoms with van der Waals surface area (Å²) in [6.45, 7) is 2.52. The van der Waals surface area contributed by atoms with Gasteiger partial charge in [0.15, 0.2) is 11.5 Å². The lowest BCUT2D eigenvalue weighted by atomic mass is 9.97. The maximum atomic E-state index is 15.4. The normalized spacial score (nSPS) is 13.0. The van der Waals surface area contributed by atoms with Crippen molar-refractivity contribution in [2.45, 2.75) is 32.0 Å². The van der Waals surface area contributed by atoms with E-state index in [1.165, 1.54) is 44.7 Å². The van der Waals surface area contributed by atoms with Gasteiger partial charge < -0.3 is 14.8 Å². The van der Waals surface area contributed by atoms with Crippen LogP contribution in [0.15, 0.2) is 30.6 Å². The van der Waals surface area contributed by atoms with Gasteiger partial charge in [-0.15, -0.1) is 0 Å². The molecule has 190 valence electrons. The molecule has 0 saturated heterocycles. The molecule has 0 aliphatic heterocycles. The molecule has 0 spiro atoms. The second kappa shape index (κ2) is 9.17. The number of hydrogen-bond acceptors (Lipinski definition) is 6. The Hall–Kier alpha value is -3.10. The van der Waals surface area contributed by atoms with Crippen molar-refractivity contribution in [2.75, 3.05) is 25.2 Å². The van der Waals surface area contributed by atoms with E-state index < -0.39 is 44.9 Å². The number of sulfonamides is 1. The monoisotopic (exact) mass is 517 g/mol. The van der Waals surface area contributed by atoms with Crippen molar-refractivity contribution < 1.29 is 35.9 Å². The molecule has 0 saturated carbocycles. The molecule has 0 fully saturated rings. The van der Waals surface area contributed by atoms with Gasteiger partial charge in [-0.3, -0.25) is 4.79 Å². The minimum absolute atomic E-state index is 0.0324. The largest absolute Gasteiger partial charge is 0.433 e.